The number of nitrogens with zero attached hydrogens (tertiary/aromatic N) is 2. The van der Waals surface area contributed by atoms with E-state index in [1.54, 1.807) is 13.1 Å². The Morgan fingerprint density at radius 1 is 1.45 bits per heavy atom. The average Bonchev–Trinajstić information content (AvgIpc) is 2.46. The lowest BCUT2D eigenvalue weighted by atomic mass is 10.1. The zero-order valence-corrected chi connectivity index (χ0v) is 12.6. The van der Waals surface area contributed by atoms with E-state index < -0.39 is 0 Å². The molecule has 20 heavy (non-hydrogen) atoms. The summed E-state index contributed by atoms with van der Waals surface area (Å²) in [5, 5.41) is 0. The maximum atomic E-state index is 11.7. The second-order valence-corrected chi connectivity index (χ2v) is 4.75. The molecule has 0 fully saturated rings. The summed E-state index contributed by atoms with van der Waals surface area (Å²) >= 11 is 0. The van der Waals surface area contributed by atoms with Crippen LogP contribution in [0.2, 0.25) is 0 Å². The third-order valence-corrected chi connectivity index (χ3v) is 3.33. The summed E-state index contributed by atoms with van der Waals surface area (Å²) in [6, 6.07) is 7.69. The topological polar surface area (TPSA) is 32.8 Å². The molecule has 1 atom stereocenters. The Hall–Kier alpha value is -1.99. The first kappa shape index (κ1) is 16.1. The molecule has 108 valence electrons. The van der Waals surface area contributed by atoms with Gasteiger partial charge in [-0.15, -0.1) is 6.42 Å². The summed E-state index contributed by atoms with van der Waals surface area (Å²) in [6.07, 6.45) is 4.97. The van der Waals surface area contributed by atoms with Gasteiger partial charge in [0.2, 0.25) is 0 Å². The third-order valence-electron chi connectivity index (χ3n) is 3.33. The molecular weight excluding hydrogens is 252 g/mol. The number of rotatable bonds is 5. The van der Waals surface area contributed by atoms with Gasteiger partial charge in [-0.2, -0.15) is 0 Å². The summed E-state index contributed by atoms with van der Waals surface area (Å²) < 4.78 is 5.33. The van der Waals surface area contributed by atoms with Gasteiger partial charge in [0, 0.05) is 19.6 Å². The molecule has 4 nitrogen and oxygen atoms in total. The zero-order valence-electron chi connectivity index (χ0n) is 12.6. The Morgan fingerprint density at radius 2 is 2.15 bits per heavy atom. The van der Waals surface area contributed by atoms with Crippen molar-refractivity contribution in [3.63, 3.8) is 0 Å². The number of amides is 1. The van der Waals surface area contributed by atoms with Gasteiger partial charge in [0.15, 0.2) is 0 Å². The molecule has 0 bridgehead atoms. The third kappa shape index (κ3) is 4.29. The summed E-state index contributed by atoms with van der Waals surface area (Å²) in [5.74, 6) is 3.17. The Labute approximate surface area is 121 Å². The summed E-state index contributed by atoms with van der Waals surface area (Å²) in [5.41, 5.74) is 1.06. The predicted molar refractivity (Wildman–Crippen MR) is 80.6 cm³/mol. The van der Waals surface area contributed by atoms with Gasteiger partial charge in [0.05, 0.1) is 6.54 Å². The predicted octanol–water partition coefficient (Wildman–Crippen LogP) is 2.76. The molecule has 0 aliphatic carbocycles. The first-order valence-corrected chi connectivity index (χ1v) is 6.66. The summed E-state index contributed by atoms with van der Waals surface area (Å²) in [4.78, 5) is 15.3. The number of carbonyl (C=O) groups excluding carboxylic acids is 1. The van der Waals surface area contributed by atoms with Gasteiger partial charge in [-0.25, -0.2) is 4.79 Å². The lowest BCUT2D eigenvalue weighted by Crippen LogP contribution is -2.29. The van der Waals surface area contributed by atoms with Crippen molar-refractivity contribution in [1.29, 1.82) is 0 Å². The van der Waals surface area contributed by atoms with Crippen molar-refractivity contribution in [3.05, 3.63) is 29.8 Å². The van der Waals surface area contributed by atoms with Crippen LogP contribution in [-0.2, 0) is 0 Å². The maximum Gasteiger partial charge on any atom is 0.414 e. The van der Waals surface area contributed by atoms with Gasteiger partial charge in [0.1, 0.15) is 5.75 Å². The fourth-order valence-corrected chi connectivity index (χ4v) is 1.68. The van der Waals surface area contributed by atoms with E-state index in [0.29, 0.717) is 18.8 Å². The Morgan fingerprint density at radius 3 is 2.75 bits per heavy atom. The minimum Gasteiger partial charge on any atom is -0.410 e. The average molecular weight is 274 g/mol. The molecule has 0 spiro atoms. The van der Waals surface area contributed by atoms with Crippen molar-refractivity contribution in [3.8, 4) is 18.1 Å². The highest BCUT2D eigenvalue weighted by molar-refractivity contribution is 5.70. The molecule has 0 aliphatic heterocycles. The molecule has 0 aliphatic rings. The van der Waals surface area contributed by atoms with Crippen molar-refractivity contribution in [2.24, 2.45) is 0 Å². The molecule has 0 heterocycles. The minimum absolute atomic E-state index is 0.161. The highest BCUT2D eigenvalue weighted by Crippen LogP contribution is 2.23. The van der Waals surface area contributed by atoms with Crippen LogP contribution in [0.4, 0.5) is 4.79 Å². The molecular formula is C16H22N2O2. The lowest BCUT2D eigenvalue weighted by Gasteiger charge is -2.23. The van der Waals surface area contributed by atoms with Crippen LogP contribution in [0.3, 0.4) is 0 Å². The van der Waals surface area contributed by atoms with Crippen LogP contribution in [-0.4, -0.2) is 43.1 Å². The number of benzene rings is 1. The van der Waals surface area contributed by atoms with Crippen molar-refractivity contribution in [2.75, 3.05) is 27.2 Å². The van der Waals surface area contributed by atoms with Crippen LogP contribution < -0.4 is 4.74 Å². The number of terminal acetylenes is 1. The smallest absolute Gasteiger partial charge is 0.410 e. The standard InChI is InChI=1S/C16H22N2O2/c1-6-11-18(5)13(3)14-9-8-10-15(12-14)20-16(19)17(4)7-2/h1,8-10,12-13H,7,11H2,2-5H3. The number of carbonyl (C=O) groups is 1. The Bertz CT molecular complexity index is 493. The minimum atomic E-state index is -0.353. The first-order valence-electron chi connectivity index (χ1n) is 6.66. The fraction of sp³-hybridized carbons (Fsp3) is 0.438. The maximum absolute atomic E-state index is 11.7. The van der Waals surface area contributed by atoms with Crippen LogP contribution in [0.25, 0.3) is 0 Å². The van der Waals surface area contributed by atoms with E-state index in [1.165, 1.54) is 4.90 Å². The van der Waals surface area contributed by atoms with Crippen LogP contribution in [0, 0.1) is 12.3 Å². The van der Waals surface area contributed by atoms with Crippen LogP contribution in [0.1, 0.15) is 25.5 Å². The molecule has 0 saturated carbocycles. The van der Waals surface area contributed by atoms with Gasteiger partial charge < -0.3 is 9.64 Å². The summed E-state index contributed by atoms with van der Waals surface area (Å²) in [6.45, 7) is 5.15. The van der Waals surface area contributed by atoms with Crippen LogP contribution in [0.5, 0.6) is 5.75 Å². The van der Waals surface area contributed by atoms with Crippen molar-refractivity contribution < 1.29 is 9.53 Å². The molecule has 4 heteroatoms. The lowest BCUT2D eigenvalue weighted by molar-refractivity contribution is 0.165. The highest BCUT2D eigenvalue weighted by atomic mass is 16.6. The molecule has 0 aromatic heterocycles. The van der Waals surface area contributed by atoms with E-state index in [9.17, 15) is 4.79 Å². The SMILES string of the molecule is C#CCN(C)C(C)c1cccc(OC(=O)N(C)CC)c1. The van der Waals surface area contributed by atoms with Crippen molar-refractivity contribution >= 4 is 6.09 Å². The quantitative estimate of drug-likeness (QED) is 0.774. The zero-order chi connectivity index (χ0) is 15.1. The normalized spacial score (nSPS) is 11.8. The first-order chi connectivity index (χ1) is 9.49. The second-order valence-electron chi connectivity index (χ2n) is 4.75. The van der Waals surface area contributed by atoms with Gasteiger partial charge in [-0.3, -0.25) is 4.90 Å². The molecule has 1 aromatic carbocycles. The molecule has 0 saturated heterocycles. The molecule has 0 N–H and O–H groups in total. The molecule has 0 radical (unpaired) electrons. The second kappa shape index (κ2) is 7.56. The van der Waals surface area contributed by atoms with E-state index in [0.717, 1.165) is 5.56 Å². The summed E-state index contributed by atoms with van der Waals surface area (Å²) in [7, 11) is 3.67. The molecule has 1 rings (SSSR count). The van der Waals surface area contributed by atoms with Crippen LogP contribution in [0.15, 0.2) is 24.3 Å². The Balaban J connectivity index is 2.81. The largest absolute Gasteiger partial charge is 0.414 e. The monoisotopic (exact) mass is 274 g/mol. The van der Waals surface area contributed by atoms with Crippen LogP contribution >= 0.6 is 0 Å². The van der Waals surface area contributed by atoms with Gasteiger partial charge in [-0.1, -0.05) is 18.1 Å². The van der Waals surface area contributed by atoms with Gasteiger partial charge >= 0.3 is 6.09 Å². The number of ether oxygens (including phenoxy) is 1. The van der Waals surface area contributed by atoms with Gasteiger partial charge in [0.25, 0.3) is 0 Å². The molecule has 1 aromatic rings. The molecule has 1 unspecified atom stereocenters. The van der Waals surface area contributed by atoms with E-state index >= 15 is 0 Å². The van der Waals surface area contributed by atoms with E-state index in [1.807, 2.05) is 32.2 Å². The van der Waals surface area contributed by atoms with E-state index in [-0.39, 0.29) is 12.1 Å². The van der Waals surface area contributed by atoms with Crippen molar-refractivity contribution in [2.45, 2.75) is 19.9 Å². The fourth-order valence-electron chi connectivity index (χ4n) is 1.68. The van der Waals surface area contributed by atoms with Crippen molar-refractivity contribution in [1.82, 2.24) is 9.80 Å². The highest BCUT2D eigenvalue weighted by Gasteiger charge is 2.13. The molecule has 1 amide bonds. The number of hydrogen-bond acceptors (Lipinski definition) is 3. The Kier molecular flexibility index (Phi) is 6.08. The van der Waals surface area contributed by atoms with Gasteiger partial charge in [-0.05, 0) is 38.6 Å². The van der Waals surface area contributed by atoms with E-state index in [2.05, 4.69) is 17.7 Å². The van der Waals surface area contributed by atoms with E-state index in [4.69, 9.17) is 11.2 Å². The number of hydrogen-bond donors (Lipinski definition) is 0.